The molecule has 6 heteroatoms. The van der Waals surface area contributed by atoms with Gasteiger partial charge in [0.15, 0.2) is 0 Å². The van der Waals surface area contributed by atoms with Gasteiger partial charge in [0.25, 0.3) is 5.91 Å². The average molecular weight is 437 g/mol. The minimum Gasteiger partial charge on any atom is -0.494 e. The van der Waals surface area contributed by atoms with Crippen molar-refractivity contribution in [1.29, 1.82) is 0 Å². The fourth-order valence-corrected chi connectivity index (χ4v) is 3.89. The molecule has 2 aromatic carbocycles. The molecule has 158 valence electrons. The highest BCUT2D eigenvalue weighted by molar-refractivity contribution is 6.31. The SMILES string of the molecule is CCCOc1ccc(C(=O)NCC(c2ccccc2Cl)N2CCCCC2)cc1.Cl. The van der Waals surface area contributed by atoms with E-state index in [2.05, 4.69) is 23.2 Å². The largest absolute Gasteiger partial charge is 0.494 e. The standard InChI is InChI=1S/C23H29ClN2O2.ClH/c1-2-16-28-19-12-10-18(11-13-19)23(27)25-17-22(26-14-6-3-7-15-26)20-8-4-5-9-21(20)24;/h4-5,8-13,22H,2-3,6-7,14-17H2,1H3,(H,25,27);1H. The fraction of sp³-hybridized carbons (Fsp3) is 0.435. The molecule has 0 saturated carbocycles. The van der Waals surface area contributed by atoms with Gasteiger partial charge in [-0.25, -0.2) is 0 Å². The first-order valence-corrected chi connectivity index (χ1v) is 10.6. The van der Waals surface area contributed by atoms with Crippen LogP contribution in [0.25, 0.3) is 0 Å². The molecule has 0 bridgehead atoms. The van der Waals surface area contributed by atoms with Gasteiger partial charge in [-0.15, -0.1) is 12.4 Å². The summed E-state index contributed by atoms with van der Waals surface area (Å²) < 4.78 is 5.59. The van der Waals surface area contributed by atoms with Gasteiger partial charge in [0.1, 0.15) is 5.75 Å². The van der Waals surface area contributed by atoms with Crippen LogP contribution in [0.2, 0.25) is 5.02 Å². The van der Waals surface area contributed by atoms with E-state index in [-0.39, 0.29) is 24.4 Å². The van der Waals surface area contributed by atoms with E-state index in [0.717, 1.165) is 35.8 Å². The van der Waals surface area contributed by atoms with E-state index < -0.39 is 0 Å². The minimum absolute atomic E-state index is 0. The first-order valence-electron chi connectivity index (χ1n) is 10.2. The summed E-state index contributed by atoms with van der Waals surface area (Å²) in [6, 6.07) is 15.3. The smallest absolute Gasteiger partial charge is 0.251 e. The molecular weight excluding hydrogens is 407 g/mol. The highest BCUT2D eigenvalue weighted by Gasteiger charge is 2.24. The zero-order chi connectivity index (χ0) is 19.8. The number of carbonyl (C=O) groups is 1. The molecule has 2 aromatic rings. The topological polar surface area (TPSA) is 41.6 Å². The summed E-state index contributed by atoms with van der Waals surface area (Å²) >= 11 is 6.48. The Morgan fingerprint density at radius 1 is 1.10 bits per heavy atom. The number of hydrogen-bond donors (Lipinski definition) is 1. The van der Waals surface area contributed by atoms with Crippen molar-refractivity contribution in [2.45, 2.75) is 38.6 Å². The van der Waals surface area contributed by atoms with Crippen molar-refractivity contribution in [2.75, 3.05) is 26.2 Å². The molecule has 1 unspecified atom stereocenters. The summed E-state index contributed by atoms with van der Waals surface area (Å²) in [6.07, 6.45) is 4.61. The van der Waals surface area contributed by atoms with E-state index in [4.69, 9.17) is 16.3 Å². The molecule has 1 atom stereocenters. The molecule has 0 aromatic heterocycles. The van der Waals surface area contributed by atoms with Crippen molar-refractivity contribution in [1.82, 2.24) is 10.2 Å². The zero-order valence-corrected chi connectivity index (χ0v) is 18.5. The molecule has 3 rings (SSSR count). The molecule has 1 aliphatic rings. The van der Waals surface area contributed by atoms with Gasteiger partial charge in [0.2, 0.25) is 0 Å². The third-order valence-corrected chi connectivity index (χ3v) is 5.49. The van der Waals surface area contributed by atoms with Crippen molar-refractivity contribution in [3.63, 3.8) is 0 Å². The molecule has 29 heavy (non-hydrogen) atoms. The molecule has 1 heterocycles. The molecule has 0 spiro atoms. The third-order valence-electron chi connectivity index (χ3n) is 5.14. The van der Waals surface area contributed by atoms with Gasteiger partial charge in [-0.1, -0.05) is 43.1 Å². The summed E-state index contributed by atoms with van der Waals surface area (Å²) in [6.45, 7) is 5.36. The monoisotopic (exact) mass is 436 g/mol. The number of piperidine rings is 1. The van der Waals surface area contributed by atoms with E-state index in [1.807, 2.05) is 42.5 Å². The summed E-state index contributed by atoms with van der Waals surface area (Å²) in [5.74, 6) is 0.719. The normalized spacial score (nSPS) is 15.2. The maximum absolute atomic E-state index is 12.7. The Labute approximate surface area is 185 Å². The van der Waals surface area contributed by atoms with Gasteiger partial charge < -0.3 is 10.1 Å². The Morgan fingerprint density at radius 3 is 2.45 bits per heavy atom. The van der Waals surface area contributed by atoms with Crippen molar-refractivity contribution >= 4 is 29.9 Å². The number of rotatable bonds is 8. The first-order chi connectivity index (χ1) is 13.7. The van der Waals surface area contributed by atoms with Crippen LogP contribution in [-0.2, 0) is 0 Å². The van der Waals surface area contributed by atoms with E-state index in [1.165, 1.54) is 19.3 Å². The van der Waals surface area contributed by atoms with E-state index in [1.54, 1.807) is 0 Å². The summed E-state index contributed by atoms with van der Waals surface area (Å²) in [4.78, 5) is 15.1. The number of hydrogen-bond acceptors (Lipinski definition) is 3. The highest BCUT2D eigenvalue weighted by atomic mass is 35.5. The van der Waals surface area contributed by atoms with Crippen molar-refractivity contribution in [3.8, 4) is 5.75 Å². The maximum atomic E-state index is 12.7. The van der Waals surface area contributed by atoms with Crippen LogP contribution < -0.4 is 10.1 Å². The number of carbonyl (C=O) groups excluding carboxylic acids is 1. The number of halogens is 2. The molecule has 1 fully saturated rings. The minimum atomic E-state index is -0.0731. The van der Waals surface area contributed by atoms with Crippen LogP contribution in [0.4, 0.5) is 0 Å². The molecule has 0 radical (unpaired) electrons. The fourth-order valence-electron chi connectivity index (χ4n) is 3.63. The lowest BCUT2D eigenvalue weighted by Gasteiger charge is -2.35. The lowest BCUT2D eigenvalue weighted by Crippen LogP contribution is -2.40. The van der Waals surface area contributed by atoms with Crippen LogP contribution in [0, 0.1) is 0 Å². The molecule has 0 aliphatic carbocycles. The predicted octanol–water partition coefficient (Wildman–Crippen LogP) is 5.51. The molecule has 1 N–H and O–H groups in total. The Balaban J connectivity index is 0.00000300. The Morgan fingerprint density at radius 2 is 1.79 bits per heavy atom. The van der Waals surface area contributed by atoms with Crippen molar-refractivity contribution in [3.05, 3.63) is 64.7 Å². The second-order valence-electron chi connectivity index (χ2n) is 7.22. The molecule has 4 nitrogen and oxygen atoms in total. The lowest BCUT2D eigenvalue weighted by molar-refractivity contribution is 0.0924. The van der Waals surface area contributed by atoms with Gasteiger partial charge in [-0.2, -0.15) is 0 Å². The number of amides is 1. The number of benzene rings is 2. The predicted molar refractivity (Wildman–Crippen MR) is 121 cm³/mol. The van der Waals surface area contributed by atoms with Crippen LogP contribution in [0.3, 0.4) is 0 Å². The summed E-state index contributed by atoms with van der Waals surface area (Å²) in [7, 11) is 0. The average Bonchev–Trinajstić information content (AvgIpc) is 2.74. The quantitative estimate of drug-likeness (QED) is 0.592. The third kappa shape index (κ3) is 6.63. The number of nitrogens with one attached hydrogen (secondary N) is 1. The maximum Gasteiger partial charge on any atom is 0.251 e. The van der Waals surface area contributed by atoms with Gasteiger partial charge >= 0.3 is 0 Å². The second kappa shape index (κ2) is 12.1. The van der Waals surface area contributed by atoms with Gasteiger partial charge in [0.05, 0.1) is 12.6 Å². The Kier molecular flexibility index (Phi) is 9.79. The first kappa shape index (κ1) is 23.5. The van der Waals surface area contributed by atoms with E-state index >= 15 is 0 Å². The van der Waals surface area contributed by atoms with Crippen molar-refractivity contribution in [2.24, 2.45) is 0 Å². The van der Waals surface area contributed by atoms with Crippen LogP contribution in [0.1, 0.15) is 54.6 Å². The number of likely N-dealkylation sites (tertiary alicyclic amines) is 1. The summed E-state index contributed by atoms with van der Waals surface area (Å²) in [5, 5.41) is 3.86. The second-order valence-corrected chi connectivity index (χ2v) is 7.62. The van der Waals surface area contributed by atoms with Crippen molar-refractivity contribution < 1.29 is 9.53 Å². The van der Waals surface area contributed by atoms with Gasteiger partial charge in [-0.3, -0.25) is 9.69 Å². The molecule has 1 saturated heterocycles. The molecule has 1 amide bonds. The Bertz CT molecular complexity index is 762. The highest BCUT2D eigenvalue weighted by Crippen LogP contribution is 2.29. The Hall–Kier alpha value is -1.75. The van der Waals surface area contributed by atoms with Gasteiger partial charge in [0, 0.05) is 17.1 Å². The van der Waals surface area contributed by atoms with E-state index in [9.17, 15) is 4.79 Å². The van der Waals surface area contributed by atoms with Gasteiger partial charge in [-0.05, 0) is 68.2 Å². The number of ether oxygens (including phenoxy) is 1. The van der Waals surface area contributed by atoms with Crippen LogP contribution >= 0.6 is 24.0 Å². The molecule has 1 aliphatic heterocycles. The zero-order valence-electron chi connectivity index (χ0n) is 16.9. The van der Waals surface area contributed by atoms with Crippen LogP contribution in [0.5, 0.6) is 5.75 Å². The van der Waals surface area contributed by atoms with Crippen LogP contribution in [0.15, 0.2) is 48.5 Å². The summed E-state index contributed by atoms with van der Waals surface area (Å²) in [5.41, 5.74) is 1.72. The van der Waals surface area contributed by atoms with E-state index in [0.29, 0.717) is 18.7 Å². The lowest BCUT2D eigenvalue weighted by atomic mass is 10.0. The molecular formula is C23H30Cl2N2O2. The number of nitrogens with zero attached hydrogens (tertiary/aromatic N) is 1. The van der Waals surface area contributed by atoms with Crippen LogP contribution in [-0.4, -0.2) is 37.0 Å².